The summed E-state index contributed by atoms with van der Waals surface area (Å²) in [6.07, 6.45) is 3.87. The van der Waals surface area contributed by atoms with Crippen LogP contribution in [0.25, 0.3) is 0 Å². The number of nitrogens with one attached hydrogen (secondary N) is 1. The minimum Gasteiger partial charge on any atom is -0.349 e. The fourth-order valence-corrected chi connectivity index (χ4v) is 1.77. The van der Waals surface area contributed by atoms with Gasteiger partial charge < -0.3 is 5.32 Å². The van der Waals surface area contributed by atoms with Gasteiger partial charge in [0, 0.05) is 11.8 Å². The third-order valence-electron chi connectivity index (χ3n) is 2.50. The number of fused-ring (bicyclic) bond motifs is 1. The minimum absolute atomic E-state index is 0.0710. The summed E-state index contributed by atoms with van der Waals surface area (Å²) in [6, 6.07) is 1.49. The number of allylic oxidation sites excluding steroid dienone is 2. The van der Waals surface area contributed by atoms with Gasteiger partial charge in [0.2, 0.25) is 5.91 Å². The van der Waals surface area contributed by atoms with E-state index in [-0.39, 0.29) is 35.5 Å². The number of halogens is 1. The standard InChI is InChI=1S/C12H9ClN2O3/c13-5-11(18)15-6-8-12-7(3-4-14-8)9(16)1-2-10(12)17/h1-4H,5-6H2,(H,15,18). The Hall–Kier alpha value is -2.01. The van der Waals surface area contributed by atoms with Crippen LogP contribution in [0.3, 0.4) is 0 Å². The lowest BCUT2D eigenvalue weighted by molar-refractivity contribution is -0.118. The number of pyridine rings is 1. The quantitative estimate of drug-likeness (QED) is 0.822. The Labute approximate surface area is 108 Å². The molecule has 0 fully saturated rings. The van der Waals surface area contributed by atoms with Gasteiger partial charge in [-0.1, -0.05) is 0 Å². The summed E-state index contributed by atoms with van der Waals surface area (Å²) in [5.74, 6) is -1.05. The molecule has 0 radical (unpaired) electrons. The number of alkyl halides is 1. The lowest BCUT2D eigenvalue weighted by atomic mass is 9.94. The zero-order valence-electron chi connectivity index (χ0n) is 9.27. The van der Waals surface area contributed by atoms with E-state index in [9.17, 15) is 14.4 Å². The van der Waals surface area contributed by atoms with Crippen molar-refractivity contribution in [2.24, 2.45) is 0 Å². The topological polar surface area (TPSA) is 76.1 Å². The van der Waals surface area contributed by atoms with Crippen molar-refractivity contribution in [2.75, 3.05) is 5.88 Å². The van der Waals surface area contributed by atoms with Crippen molar-refractivity contribution in [1.82, 2.24) is 10.3 Å². The fourth-order valence-electron chi connectivity index (χ4n) is 1.67. The Morgan fingerprint density at radius 1 is 1.28 bits per heavy atom. The number of amides is 1. The van der Waals surface area contributed by atoms with Crippen molar-refractivity contribution >= 4 is 29.1 Å². The van der Waals surface area contributed by atoms with Gasteiger partial charge in [-0.2, -0.15) is 0 Å². The SMILES string of the molecule is O=C(CCl)NCc1nccc2c1C(=O)C=CC2=O. The first kappa shape index (κ1) is 12.4. The molecule has 1 N–H and O–H groups in total. The molecule has 6 heteroatoms. The van der Waals surface area contributed by atoms with Crippen LogP contribution in [0.5, 0.6) is 0 Å². The largest absolute Gasteiger partial charge is 0.349 e. The van der Waals surface area contributed by atoms with Crippen molar-refractivity contribution in [3.8, 4) is 0 Å². The van der Waals surface area contributed by atoms with Gasteiger partial charge in [-0.15, -0.1) is 11.6 Å². The molecule has 1 aliphatic carbocycles. The number of carbonyl (C=O) groups is 3. The van der Waals surface area contributed by atoms with Crippen molar-refractivity contribution in [2.45, 2.75) is 6.54 Å². The maximum Gasteiger partial charge on any atom is 0.235 e. The van der Waals surface area contributed by atoms with E-state index in [1.54, 1.807) is 0 Å². The summed E-state index contributed by atoms with van der Waals surface area (Å²) >= 11 is 5.35. The van der Waals surface area contributed by atoms with Gasteiger partial charge in [-0.3, -0.25) is 19.4 Å². The first-order valence-electron chi connectivity index (χ1n) is 5.20. The number of nitrogens with zero attached hydrogens (tertiary/aromatic N) is 1. The summed E-state index contributed by atoms with van der Waals surface area (Å²) in [5.41, 5.74) is 0.932. The summed E-state index contributed by atoms with van der Waals surface area (Å²) in [6.45, 7) is 0.0710. The van der Waals surface area contributed by atoms with Crippen LogP contribution >= 0.6 is 11.6 Å². The van der Waals surface area contributed by atoms with Crippen molar-refractivity contribution in [3.05, 3.63) is 41.2 Å². The third kappa shape index (κ3) is 2.31. The van der Waals surface area contributed by atoms with Crippen LogP contribution in [0.15, 0.2) is 24.4 Å². The van der Waals surface area contributed by atoms with Crippen LogP contribution in [-0.4, -0.2) is 28.3 Å². The highest BCUT2D eigenvalue weighted by atomic mass is 35.5. The molecule has 0 saturated heterocycles. The maximum absolute atomic E-state index is 11.7. The Morgan fingerprint density at radius 2 is 2.00 bits per heavy atom. The monoisotopic (exact) mass is 264 g/mol. The van der Waals surface area contributed by atoms with E-state index >= 15 is 0 Å². The van der Waals surface area contributed by atoms with Gasteiger partial charge in [-0.25, -0.2) is 0 Å². The van der Waals surface area contributed by atoms with Crippen molar-refractivity contribution in [3.63, 3.8) is 0 Å². The van der Waals surface area contributed by atoms with Gasteiger partial charge in [0.25, 0.3) is 0 Å². The molecule has 2 rings (SSSR count). The molecule has 0 atom stereocenters. The van der Waals surface area contributed by atoms with Crippen LogP contribution in [-0.2, 0) is 11.3 Å². The third-order valence-corrected chi connectivity index (χ3v) is 2.74. The normalized spacial score (nSPS) is 13.4. The number of hydrogen-bond donors (Lipinski definition) is 1. The Morgan fingerprint density at radius 3 is 2.72 bits per heavy atom. The van der Waals surface area contributed by atoms with E-state index < -0.39 is 0 Å². The number of rotatable bonds is 3. The predicted molar refractivity (Wildman–Crippen MR) is 64.6 cm³/mol. The number of ketones is 2. The van der Waals surface area contributed by atoms with E-state index in [2.05, 4.69) is 10.3 Å². The first-order valence-corrected chi connectivity index (χ1v) is 5.74. The molecule has 1 aromatic rings. The molecule has 1 aliphatic rings. The summed E-state index contributed by atoms with van der Waals surface area (Å²) in [5, 5.41) is 2.51. The molecule has 92 valence electrons. The van der Waals surface area contributed by atoms with E-state index in [1.165, 1.54) is 24.4 Å². The lowest BCUT2D eigenvalue weighted by Crippen LogP contribution is -2.26. The zero-order valence-corrected chi connectivity index (χ0v) is 10.0. The van der Waals surface area contributed by atoms with E-state index in [4.69, 9.17) is 11.6 Å². The van der Waals surface area contributed by atoms with Gasteiger partial charge in [0.15, 0.2) is 11.6 Å². The molecular formula is C12H9ClN2O3. The Balaban J connectivity index is 2.34. The highest BCUT2D eigenvalue weighted by molar-refractivity contribution is 6.27. The van der Waals surface area contributed by atoms with Gasteiger partial charge in [0.05, 0.1) is 17.8 Å². The maximum atomic E-state index is 11.7. The second-order valence-electron chi connectivity index (χ2n) is 3.65. The number of hydrogen-bond acceptors (Lipinski definition) is 4. The second kappa shape index (κ2) is 5.10. The van der Waals surface area contributed by atoms with Crippen LogP contribution in [0, 0.1) is 0 Å². The molecule has 0 aromatic carbocycles. The second-order valence-corrected chi connectivity index (χ2v) is 3.92. The average Bonchev–Trinajstić information content (AvgIpc) is 2.40. The first-order chi connectivity index (χ1) is 8.63. The van der Waals surface area contributed by atoms with E-state index in [1.807, 2.05) is 0 Å². The molecule has 5 nitrogen and oxygen atoms in total. The minimum atomic E-state index is -0.360. The molecule has 0 spiro atoms. The Kier molecular flexibility index (Phi) is 3.53. The summed E-state index contributed by atoms with van der Waals surface area (Å²) in [7, 11) is 0. The predicted octanol–water partition coefficient (Wildman–Crippen LogP) is 0.872. The zero-order chi connectivity index (χ0) is 13.1. The molecule has 1 aromatic heterocycles. The molecular weight excluding hydrogens is 256 g/mol. The summed E-state index contributed by atoms with van der Waals surface area (Å²) < 4.78 is 0. The number of carbonyl (C=O) groups excluding carboxylic acids is 3. The van der Waals surface area contributed by atoms with Crippen LogP contribution in [0.2, 0.25) is 0 Å². The molecule has 1 amide bonds. The highest BCUT2D eigenvalue weighted by Crippen LogP contribution is 2.19. The molecule has 0 saturated carbocycles. The summed E-state index contributed by atoms with van der Waals surface area (Å²) in [4.78, 5) is 38.4. The van der Waals surface area contributed by atoms with Gasteiger partial charge in [0.1, 0.15) is 5.88 Å². The van der Waals surface area contributed by atoms with Crippen molar-refractivity contribution in [1.29, 1.82) is 0 Å². The smallest absolute Gasteiger partial charge is 0.235 e. The lowest BCUT2D eigenvalue weighted by Gasteiger charge is -2.13. The highest BCUT2D eigenvalue weighted by Gasteiger charge is 2.22. The Bertz CT molecular complexity index is 566. The fraction of sp³-hybridized carbons (Fsp3) is 0.167. The van der Waals surface area contributed by atoms with Crippen molar-refractivity contribution < 1.29 is 14.4 Å². The number of aromatic nitrogens is 1. The molecule has 0 bridgehead atoms. The molecule has 0 aliphatic heterocycles. The molecule has 0 unspecified atom stereocenters. The molecule has 1 heterocycles. The van der Waals surface area contributed by atoms with Gasteiger partial charge >= 0.3 is 0 Å². The average molecular weight is 265 g/mol. The van der Waals surface area contributed by atoms with E-state index in [0.29, 0.717) is 11.3 Å². The van der Waals surface area contributed by atoms with Crippen LogP contribution in [0.4, 0.5) is 0 Å². The van der Waals surface area contributed by atoms with Crippen LogP contribution in [0.1, 0.15) is 26.4 Å². The van der Waals surface area contributed by atoms with Crippen LogP contribution < -0.4 is 5.32 Å². The molecule has 18 heavy (non-hydrogen) atoms. The van der Waals surface area contributed by atoms with Gasteiger partial charge in [-0.05, 0) is 18.2 Å². The van der Waals surface area contributed by atoms with E-state index in [0.717, 1.165) is 0 Å².